The van der Waals surface area contributed by atoms with Crippen molar-refractivity contribution in [3.05, 3.63) is 27.1 Å². The maximum Gasteiger partial charge on any atom is 0.268 e. The average Bonchev–Trinajstić information content (AvgIpc) is 2.19. The molecule has 0 unspecified atom stereocenters. The van der Waals surface area contributed by atoms with Crippen molar-refractivity contribution < 1.29 is 8.42 Å². The second-order valence-corrected chi connectivity index (χ2v) is 7.51. The molecule has 1 rings (SSSR count). The first-order valence-corrected chi connectivity index (χ1v) is 7.17. The van der Waals surface area contributed by atoms with Crippen LogP contribution in [0.4, 0.5) is 0 Å². The summed E-state index contributed by atoms with van der Waals surface area (Å²) in [6.07, 6.45) is 1.40. The molecule has 1 aromatic heterocycles. The number of pyridine rings is 1. The Bertz CT molecular complexity index is 572. The van der Waals surface area contributed by atoms with Gasteiger partial charge in [0.15, 0.2) is 0 Å². The standard InChI is InChI=1S/C10H15BrN2O3S/c1-10(2,3)13(4)17(15,16)8-5-7(11)6-12-9(8)14/h5-6H,1-4H3,(H,12,14). The number of rotatable bonds is 2. The Balaban J connectivity index is 3.42. The van der Waals surface area contributed by atoms with Crippen LogP contribution >= 0.6 is 15.9 Å². The van der Waals surface area contributed by atoms with E-state index in [0.717, 1.165) is 0 Å². The lowest BCUT2D eigenvalue weighted by atomic mass is 10.1. The summed E-state index contributed by atoms with van der Waals surface area (Å²) >= 11 is 3.14. The van der Waals surface area contributed by atoms with Gasteiger partial charge in [-0.25, -0.2) is 8.42 Å². The highest BCUT2D eigenvalue weighted by molar-refractivity contribution is 9.10. The summed E-state index contributed by atoms with van der Waals surface area (Å²) in [5.74, 6) is 0. The summed E-state index contributed by atoms with van der Waals surface area (Å²) < 4.78 is 26.2. The predicted octanol–water partition coefficient (Wildman–Crippen LogP) is 1.56. The Morgan fingerprint density at radius 1 is 1.35 bits per heavy atom. The molecule has 0 fully saturated rings. The summed E-state index contributed by atoms with van der Waals surface area (Å²) in [5.41, 5.74) is -1.21. The van der Waals surface area contributed by atoms with Gasteiger partial charge in [-0.3, -0.25) is 4.79 Å². The van der Waals surface area contributed by atoms with Gasteiger partial charge in [0.25, 0.3) is 5.56 Å². The fraction of sp³-hybridized carbons (Fsp3) is 0.500. The summed E-state index contributed by atoms with van der Waals surface area (Å²) in [5, 5.41) is 0. The van der Waals surface area contributed by atoms with E-state index in [2.05, 4.69) is 20.9 Å². The SMILES string of the molecule is CN(C(C)(C)C)S(=O)(=O)c1cc(Br)c[nH]c1=O. The number of H-pyrrole nitrogens is 1. The zero-order valence-electron chi connectivity index (χ0n) is 10.1. The Morgan fingerprint density at radius 3 is 2.35 bits per heavy atom. The van der Waals surface area contributed by atoms with E-state index in [1.54, 1.807) is 20.8 Å². The minimum absolute atomic E-state index is 0.260. The summed E-state index contributed by atoms with van der Waals surface area (Å²) in [6, 6.07) is 1.30. The first kappa shape index (κ1) is 14.4. The van der Waals surface area contributed by atoms with Gasteiger partial charge in [-0.1, -0.05) is 0 Å². The molecular formula is C10H15BrN2O3S. The summed E-state index contributed by atoms with van der Waals surface area (Å²) in [4.78, 5) is 13.7. The fourth-order valence-electron chi connectivity index (χ4n) is 1.14. The molecule has 0 radical (unpaired) electrons. The molecule has 1 aromatic rings. The highest BCUT2D eigenvalue weighted by Crippen LogP contribution is 2.21. The number of sulfonamides is 1. The van der Waals surface area contributed by atoms with Crippen molar-refractivity contribution in [1.82, 2.24) is 9.29 Å². The number of aromatic nitrogens is 1. The van der Waals surface area contributed by atoms with Gasteiger partial charge in [0.2, 0.25) is 10.0 Å². The second-order valence-electron chi connectivity index (χ2n) is 4.65. The van der Waals surface area contributed by atoms with Crippen molar-refractivity contribution >= 4 is 26.0 Å². The van der Waals surface area contributed by atoms with Crippen molar-refractivity contribution in [3.63, 3.8) is 0 Å². The average molecular weight is 323 g/mol. The molecule has 1 N–H and O–H groups in total. The lowest BCUT2D eigenvalue weighted by Crippen LogP contribution is -2.43. The summed E-state index contributed by atoms with van der Waals surface area (Å²) in [7, 11) is -2.34. The molecule has 0 aromatic carbocycles. The number of nitrogens with zero attached hydrogens (tertiary/aromatic N) is 1. The molecule has 0 aliphatic rings. The number of hydrogen-bond acceptors (Lipinski definition) is 3. The maximum atomic E-state index is 12.2. The third-order valence-electron chi connectivity index (χ3n) is 2.42. The molecule has 0 amide bonds. The van der Waals surface area contributed by atoms with Crippen molar-refractivity contribution in [2.75, 3.05) is 7.05 Å². The van der Waals surface area contributed by atoms with Crippen LogP contribution in [0, 0.1) is 0 Å². The number of aromatic amines is 1. The van der Waals surface area contributed by atoms with Gasteiger partial charge in [-0.15, -0.1) is 0 Å². The fourth-order valence-corrected chi connectivity index (χ4v) is 3.22. The molecule has 0 saturated heterocycles. The highest BCUT2D eigenvalue weighted by atomic mass is 79.9. The first-order chi connectivity index (χ1) is 7.56. The van der Waals surface area contributed by atoms with E-state index < -0.39 is 21.1 Å². The van der Waals surface area contributed by atoms with Crippen LogP contribution in [-0.4, -0.2) is 30.3 Å². The molecule has 0 saturated carbocycles. The molecule has 0 bridgehead atoms. The van der Waals surface area contributed by atoms with E-state index in [1.165, 1.54) is 23.6 Å². The number of hydrogen-bond donors (Lipinski definition) is 1. The molecule has 0 aliphatic carbocycles. The molecule has 17 heavy (non-hydrogen) atoms. The van der Waals surface area contributed by atoms with Gasteiger partial charge >= 0.3 is 0 Å². The van der Waals surface area contributed by atoms with Crippen LogP contribution < -0.4 is 5.56 Å². The Labute approximate surface area is 109 Å². The number of nitrogens with one attached hydrogen (secondary N) is 1. The van der Waals surface area contributed by atoms with Crippen LogP contribution in [0.25, 0.3) is 0 Å². The van der Waals surface area contributed by atoms with Gasteiger partial charge in [-0.05, 0) is 42.8 Å². The van der Waals surface area contributed by atoms with E-state index in [4.69, 9.17) is 0 Å². The summed E-state index contributed by atoms with van der Waals surface area (Å²) in [6.45, 7) is 5.28. The zero-order valence-corrected chi connectivity index (χ0v) is 12.5. The third-order valence-corrected chi connectivity index (χ3v) is 5.00. The van der Waals surface area contributed by atoms with Gasteiger partial charge in [0.1, 0.15) is 4.90 Å². The van der Waals surface area contributed by atoms with Crippen molar-refractivity contribution in [2.45, 2.75) is 31.2 Å². The van der Waals surface area contributed by atoms with Gasteiger partial charge in [0.05, 0.1) is 0 Å². The first-order valence-electron chi connectivity index (χ1n) is 4.94. The largest absolute Gasteiger partial charge is 0.327 e. The normalized spacial score (nSPS) is 13.1. The second kappa shape index (κ2) is 4.55. The Kier molecular flexibility index (Phi) is 3.85. The smallest absolute Gasteiger partial charge is 0.268 e. The minimum Gasteiger partial charge on any atom is -0.327 e. The lowest BCUT2D eigenvalue weighted by Gasteiger charge is -2.30. The maximum absolute atomic E-state index is 12.2. The molecular weight excluding hydrogens is 308 g/mol. The molecule has 7 heteroatoms. The molecule has 0 aliphatic heterocycles. The van der Waals surface area contributed by atoms with Crippen LogP contribution in [0.3, 0.4) is 0 Å². The van der Waals surface area contributed by atoms with E-state index in [-0.39, 0.29) is 4.90 Å². The van der Waals surface area contributed by atoms with Crippen LogP contribution in [0.2, 0.25) is 0 Å². The third kappa shape index (κ3) is 2.97. The molecule has 0 atom stereocenters. The van der Waals surface area contributed by atoms with Crippen LogP contribution in [0.5, 0.6) is 0 Å². The highest BCUT2D eigenvalue weighted by Gasteiger charge is 2.32. The lowest BCUT2D eigenvalue weighted by molar-refractivity contribution is 0.291. The molecule has 96 valence electrons. The Hall–Kier alpha value is -0.660. The van der Waals surface area contributed by atoms with Crippen molar-refractivity contribution in [2.24, 2.45) is 0 Å². The van der Waals surface area contributed by atoms with Crippen LogP contribution in [0.1, 0.15) is 20.8 Å². The molecule has 0 spiro atoms. The minimum atomic E-state index is -3.79. The van der Waals surface area contributed by atoms with Crippen LogP contribution in [0.15, 0.2) is 26.4 Å². The number of halogens is 1. The Morgan fingerprint density at radius 2 is 1.88 bits per heavy atom. The molecule has 5 nitrogen and oxygen atoms in total. The van der Waals surface area contributed by atoms with Gasteiger partial charge < -0.3 is 4.98 Å². The molecule has 1 heterocycles. The van der Waals surface area contributed by atoms with E-state index in [0.29, 0.717) is 4.47 Å². The van der Waals surface area contributed by atoms with Crippen molar-refractivity contribution in [1.29, 1.82) is 0 Å². The van der Waals surface area contributed by atoms with E-state index >= 15 is 0 Å². The topological polar surface area (TPSA) is 70.2 Å². The van der Waals surface area contributed by atoms with Gasteiger partial charge in [0, 0.05) is 23.3 Å². The zero-order chi connectivity index (χ0) is 13.4. The van der Waals surface area contributed by atoms with Crippen molar-refractivity contribution in [3.8, 4) is 0 Å². The van der Waals surface area contributed by atoms with Crippen LogP contribution in [-0.2, 0) is 10.0 Å². The van der Waals surface area contributed by atoms with E-state index in [9.17, 15) is 13.2 Å². The predicted molar refractivity (Wildman–Crippen MR) is 69.5 cm³/mol. The monoisotopic (exact) mass is 322 g/mol. The van der Waals surface area contributed by atoms with Gasteiger partial charge in [-0.2, -0.15) is 4.31 Å². The van der Waals surface area contributed by atoms with E-state index in [1.807, 2.05) is 0 Å². The quantitative estimate of drug-likeness (QED) is 0.898.